The van der Waals surface area contributed by atoms with Crippen molar-refractivity contribution < 1.29 is 0 Å². The molecule has 0 aliphatic heterocycles. The van der Waals surface area contributed by atoms with Crippen molar-refractivity contribution in [3.05, 3.63) is 48.3 Å². The van der Waals surface area contributed by atoms with Gasteiger partial charge >= 0.3 is 0 Å². The van der Waals surface area contributed by atoms with Crippen molar-refractivity contribution in [1.29, 1.82) is 0 Å². The van der Waals surface area contributed by atoms with E-state index in [1.54, 1.807) is 6.20 Å². The third-order valence-corrected chi connectivity index (χ3v) is 2.63. The van der Waals surface area contributed by atoms with Gasteiger partial charge in [0.25, 0.3) is 0 Å². The molecule has 3 aromatic heterocycles. The molecule has 3 aromatic rings. The number of nitrogens with two attached hydrogens (primary N) is 1. The van der Waals surface area contributed by atoms with Gasteiger partial charge in [0.15, 0.2) is 11.5 Å². The standard InChI is InChI=1S/C12H11N5/c13-8-9-4-3-7-17-11(9)15-16-12(17)10-5-1-2-6-14-10/h1-7H,8,13H2. The van der Waals surface area contributed by atoms with E-state index in [9.17, 15) is 0 Å². The number of aromatic nitrogens is 4. The third-order valence-electron chi connectivity index (χ3n) is 2.63. The molecule has 0 aromatic carbocycles. The van der Waals surface area contributed by atoms with Crippen LogP contribution in [0.4, 0.5) is 0 Å². The second-order valence-corrected chi connectivity index (χ2v) is 3.67. The van der Waals surface area contributed by atoms with Gasteiger partial charge in [0.1, 0.15) is 5.69 Å². The van der Waals surface area contributed by atoms with Crippen LogP contribution in [-0.2, 0) is 6.54 Å². The Hall–Kier alpha value is -2.27. The number of fused-ring (bicyclic) bond motifs is 1. The number of hydrogen-bond acceptors (Lipinski definition) is 4. The van der Waals surface area contributed by atoms with Crippen LogP contribution in [0.2, 0.25) is 0 Å². The van der Waals surface area contributed by atoms with Crippen LogP contribution >= 0.6 is 0 Å². The number of nitrogens with zero attached hydrogens (tertiary/aromatic N) is 4. The predicted molar refractivity (Wildman–Crippen MR) is 64.1 cm³/mol. The van der Waals surface area contributed by atoms with Crippen LogP contribution in [0, 0.1) is 0 Å². The molecule has 0 radical (unpaired) electrons. The molecular formula is C12H11N5. The zero-order chi connectivity index (χ0) is 11.7. The lowest BCUT2D eigenvalue weighted by atomic mass is 10.2. The Morgan fingerprint density at radius 3 is 2.82 bits per heavy atom. The van der Waals surface area contributed by atoms with E-state index >= 15 is 0 Å². The SMILES string of the molecule is NCc1cccn2c(-c3ccccn3)nnc12. The highest BCUT2D eigenvalue weighted by molar-refractivity contribution is 5.57. The molecule has 0 amide bonds. The highest BCUT2D eigenvalue weighted by Crippen LogP contribution is 2.17. The third kappa shape index (κ3) is 1.57. The van der Waals surface area contributed by atoms with Crippen molar-refractivity contribution in [2.24, 2.45) is 5.73 Å². The van der Waals surface area contributed by atoms with Crippen molar-refractivity contribution >= 4 is 5.65 Å². The Labute approximate surface area is 97.9 Å². The Balaban J connectivity index is 2.26. The maximum atomic E-state index is 5.67. The summed E-state index contributed by atoms with van der Waals surface area (Å²) in [7, 11) is 0. The highest BCUT2D eigenvalue weighted by Gasteiger charge is 2.10. The molecule has 3 heterocycles. The van der Waals surface area contributed by atoms with Crippen molar-refractivity contribution in [1.82, 2.24) is 19.6 Å². The molecule has 0 bridgehead atoms. The van der Waals surface area contributed by atoms with Crippen LogP contribution in [0.5, 0.6) is 0 Å². The number of pyridine rings is 2. The van der Waals surface area contributed by atoms with E-state index in [1.165, 1.54) is 0 Å². The van der Waals surface area contributed by atoms with E-state index in [1.807, 2.05) is 40.9 Å². The first-order chi connectivity index (χ1) is 8.40. The molecule has 0 atom stereocenters. The van der Waals surface area contributed by atoms with Crippen molar-refractivity contribution in [2.75, 3.05) is 0 Å². The normalized spacial score (nSPS) is 10.9. The van der Waals surface area contributed by atoms with E-state index in [4.69, 9.17) is 5.73 Å². The minimum atomic E-state index is 0.449. The fraction of sp³-hybridized carbons (Fsp3) is 0.0833. The quantitative estimate of drug-likeness (QED) is 0.712. The lowest BCUT2D eigenvalue weighted by Crippen LogP contribution is -2.00. The monoisotopic (exact) mass is 225 g/mol. The molecule has 17 heavy (non-hydrogen) atoms. The smallest absolute Gasteiger partial charge is 0.186 e. The van der Waals surface area contributed by atoms with Gasteiger partial charge < -0.3 is 5.73 Å². The molecule has 5 nitrogen and oxygen atoms in total. The largest absolute Gasteiger partial charge is 0.326 e. The summed E-state index contributed by atoms with van der Waals surface area (Å²) in [6.07, 6.45) is 3.65. The molecule has 2 N–H and O–H groups in total. The number of rotatable bonds is 2. The second-order valence-electron chi connectivity index (χ2n) is 3.67. The van der Waals surface area contributed by atoms with Gasteiger partial charge in [-0.05, 0) is 18.2 Å². The molecule has 0 fully saturated rings. The Morgan fingerprint density at radius 2 is 2.06 bits per heavy atom. The van der Waals surface area contributed by atoms with Gasteiger partial charge in [-0.15, -0.1) is 10.2 Å². The molecule has 0 saturated carbocycles. The summed E-state index contributed by atoms with van der Waals surface area (Å²) in [5.74, 6) is 0.732. The van der Waals surface area contributed by atoms with Gasteiger partial charge in [-0.25, -0.2) is 0 Å². The average molecular weight is 225 g/mol. The summed E-state index contributed by atoms with van der Waals surface area (Å²) in [5.41, 5.74) is 8.23. The minimum absolute atomic E-state index is 0.449. The van der Waals surface area contributed by atoms with E-state index in [2.05, 4.69) is 15.2 Å². The van der Waals surface area contributed by atoms with Crippen LogP contribution in [0.25, 0.3) is 17.2 Å². The van der Waals surface area contributed by atoms with Gasteiger partial charge in [0.05, 0.1) is 0 Å². The second kappa shape index (κ2) is 3.95. The summed E-state index contributed by atoms with van der Waals surface area (Å²) in [5, 5.41) is 8.33. The predicted octanol–water partition coefficient (Wildman–Crippen LogP) is 1.25. The maximum absolute atomic E-state index is 5.67. The summed E-state index contributed by atoms with van der Waals surface area (Å²) in [6.45, 7) is 0.449. The fourth-order valence-electron chi connectivity index (χ4n) is 1.80. The van der Waals surface area contributed by atoms with Gasteiger partial charge in [-0.2, -0.15) is 0 Å². The van der Waals surface area contributed by atoms with Crippen LogP contribution in [0.3, 0.4) is 0 Å². The number of hydrogen-bond donors (Lipinski definition) is 1. The fourth-order valence-corrected chi connectivity index (χ4v) is 1.80. The molecule has 84 valence electrons. The summed E-state index contributed by atoms with van der Waals surface area (Å²) >= 11 is 0. The van der Waals surface area contributed by atoms with Gasteiger partial charge in [0.2, 0.25) is 0 Å². The van der Waals surface area contributed by atoms with E-state index in [0.717, 1.165) is 22.7 Å². The highest BCUT2D eigenvalue weighted by atomic mass is 15.3. The van der Waals surface area contributed by atoms with Crippen LogP contribution in [-0.4, -0.2) is 19.6 Å². The summed E-state index contributed by atoms with van der Waals surface area (Å²) in [4.78, 5) is 4.27. The van der Waals surface area contributed by atoms with Gasteiger partial charge in [-0.1, -0.05) is 12.1 Å². The van der Waals surface area contributed by atoms with Crippen LogP contribution in [0.15, 0.2) is 42.7 Å². The zero-order valence-electron chi connectivity index (χ0n) is 9.11. The zero-order valence-corrected chi connectivity index (χ0v) is 9.11. The van der Waals surface area contributed by atoms with E-state index in [0.29, 0.717) is 6.54 Å². The first-order valence-corrected chi connectivity index (χ1v) is 5.34. The van der Waals surface area contributed by atoms with Crippen molar-refractivity contribution in [2.45, 2.75) is 6.54 Å². The van der Waals surface area contributed by atoms with E-state index in [-0.39, 0.29) is 0 Å². The molecule has 0 saturated heterocycles. The first-order valence-electron chi connectivity index (χ1n) is 5.34. The summed E-state index contributed by atoms with van der Waals surface area (Å²) in [6, 6.07) is 9.59. The Bertz CT molecular complexity index is 644. The minimum Gasteiger partial charge on any atom is -0.326 e. The van der Waals surface area contributed by atoms with E-state index < -0.39 is 0 Å². The molecule has 0 aliphatic carbocycles. The van der Waals surface area contributed by atoms with Crippen molar-refractivity contribution in [3.8, 4) is 11.5 Å². The van der Waals surface area contributed by atoms with Gasteiger partial charge in [0, 0.05) is 24.5 Å². The van der Waals surface area contributed by atoms with Crippen LogP contribution < -0.4 is 5.73 Å². The van der Waals surface area contributed by atoms with Crippen molar-refractivity contribution in [3.63, 3.8) is 0 Å². The average Bonchev–Trinajstić information content (AvgIpc) is 2.83. The first kappa shape index (κ1) is 9.92. The molecule has 0 unspecified atom stereocenters. The summed E-state index contributed by atoms with van der Waals surface area (Å²) < 4.78 is 1.91. The van der Waals surface area contributed by atoms with Gasteiger partial charge in [-0.3, -0.25) is 9.38 Å². The lowest BCUT2D eigenvalue weighted by Gasteiger charge is -2.01. The maximum Gasteiger partial charge on any atom is 0.186 e. The molecular weight excluding hydrogens is 214 g/mol. The Morgan fingerprint density at radius 1 is 1.12 bits per heavy atom. The lowest BCUT2D eigenvalue weighted by molar-refractivity contribution is 1.04. The molecule has 3 rings (SSSR count). The topological polar surface area (TPSA) is 69.1 Å². The molecule has 0 aliphatic rings. The molecule has 0 spiro atoms. The Kier molecular flexibility index (Phi) is 2.31. The van der Waals surface area contributed by atoms with Crippen LogP contribution in [0.1, 0.15) is 5.56 Å². The molecule has 5 heteroatoms.